The smallest absolute Gasteiger partial charge is 0.222 e. The minimum atomic E-state index is -0.258. The Bertz CT molecular complexity index is 799. The van der Waals surface area contributed by atoms with Crippen LogP contribution in [0.5, 0.6) is 5.88 Å². The molecule has 122 valence electrons. The van der Waals surface area contributed by atoms with Gasteiger partial charge < -0.3 is 9.47 Å². The summed E-state index contributed by atoms with van der Waals surface area (Å²) in [5.74, 6) is 1.00. The van der Waals surface area contributed by atoms with E-state index < -0.39 is 0 Å². The quantitative estimate of drug-likeness (QED) is 0.724. The number of fused-ring (bicyclic) bond motifs is 1. The van der Waals surface area contributed by atoms with Crippen molar-refractivity contribution in [1.29, 1.82) is 0 Å². The van der Waals surface area contributed by atoms with Crippen molar-refractivity contribution in [2.75, 3.05) is 6.61 Å². The lowest BCUT2D eigenvalue weighted by molar-refractivity contribution is -0.0926. The topological polar surface area (TPSA) is 36.3 Å². The summed E-state index contributed by atoms with van der Waals surface area (Å²) in [5, 5.41) is 4.57. The van der Waals surface area contributed by atoms with E-state index >= 15 is 0 Å². The summed E-state index contributed by atoms with van der Waals surface area (Å²) >= 11 is 0. The molecule has 0 bridgehead atoms. The Labute approximate surface area is 141 Å². The van der Waals surface area contributed by atoms with Gasteiger partial charge in [-0.25, -0.2) is 4.68 Å². The molecule has 0 saturated heterocycles. The Morgan fingerprint density at radius 3 is 2.50 bits per heavy atom. The molecule has 2 heterocycles. The molecule has 3 aromatic rings. The van der Waals surface area contributed by atoms with Crippen molar-refractivity contribution in [3.05, 3.63) is 78.0 Å². The third-order valence-corrected chi connectivity index (χ3v) is 4.35. The van der Waals surface area contributed by atoms with Crippen molar-refractivity contribution in [3.8, 4) is 11.6 Å². The number of benzene rings is 2. The molecular weight excluding hydrogens is 300 g/mol. The second kappa shape index (κ2) is 6.49. The fraction of sp³-hybridized carbons (Fsp3) is 0.250. The van der Waals surface area contributed by atoms with Crippen LogP contribution in [0.25, 0.3) is 5.69 Å². The van der Waals surface area contributed by atoms with Crippen LogP contribution in [0.15, 0.2) is 66.9 Å². The van der Waals surface area contributed by atoms with Crippen LogP contribution < -0.4 is 4.74 Å². The average molecular weight is 320 g/mol. The van der Waals surface area contributed by atoms with E-state index in [1.807, 2.05) is 54.2 Å². The normalized spacial score (nSPS) is 19.5. The predicted molar refractivity (Wildman–Crippen MR) is 92.5 cm³/mol. The number of rotatable bonds is 4. The van der Waals surface area contributed by atoms with E-state index in [0.717, 1.165) is 23.6 Å². The predicted octanol–water partition coefficient (Wildman–Crippen LogP) is 4.15. The largest absolute Gasteiger partial charge is 0.447 e. The fourth-order valence-corrected chi connectivity index (χ4v) is 3.24. The Balaban J connectivity index is 1.79. The lowest BCUT2D eigenvalue weighted by Gasteiger charge is -2.30. The van der Waals surface area contributed by atoms with Crippen LogP contribution in [0.1, 0.15) is 30.4 Å². The number of para-hydroxylation sites is 1. The second-order valence-corrected chi connectivity index (χ2v) is 5.85. The summed E-state index contributed by atoms with van der Waals surface area (Å²) in [4.78, 5) is 0. The van der Waals surface area contributed by atoms with Gasteiger partial charge in [-0.1, -0.05) is 48.5 Å². The van der Waals surface area contributed by atoms with Crippen LogP contribution in [0.4, 0.5) is 0 Å². The number of nitrogens with zero attached hydrogens (tertiary/aromatic N) is 2. The molecule has 1 aliphatic heterocycles. The molecule has 0 radical (unpaired) electrons. The summed E-state index contributed by atoms with van der Waals surface area (Å²) in [6, 6.07) is 20.5. The van der Waals surface area contributed by atoms with Crippen molar-refractivity contribution in [3.63, 3.8) is 0 Å². The fourth-order valence-electron chi connectivity index (χ4n) is 3.24. The third kappa shape index (κ3) is 2.69. The van der Waals surface area contributed by atoms with E-state index in [1.165, 1.54) is 5.56 Å². The van der Waals surface area contributed by atoms with Gasteiger partial charge in [0.05, 0.1) is 11.9 Å². The molecule has 4 heteroatoms. The minimum Gasteiger partial charge on any atom is -0.447 e. The molecule has 2 atom stereocenters. The van der Waals surface area contributed by atoms with E-state index in [-0.39, 0.29) is 12.2 Å². The molecule has 4 nitrogen and oxygen atoms in total. The zero-order valence-corrected chi connectivity index (χ0v) is 13.6. The Morgan fingerprint density at radius 1 is 1.08 bits per heavy atom. The van der Waals surface area contributed by atoms with E-state index in [2.05, 4.69) is 29.4 Å². The van der Waals surface area contributed by atoms with E-state index in [0.29, 0.717) is 6.61 Å². The molecule has 0 spiro atoms. The first-order valence-electron chi connectivity index (χ1n) is 8.33. The number of hydrogen-bond acceptors (Lipinski definition) is 3. The van der Waals surface area contributed by atoms with Crippen LogP contribution in [-0.4, -0.2) is 22.7 Å². The first-order chi connectivity index (χ1) is 11.9. The monoisotopic (exact) mass is 320 g/mol. The highest BCUT2D eigenvalue weighted by molar-refractivity contribution is 5.44. The van der Waals surface area contributed by atoms with Crippen molar-refractivity contribution >= 4 is 0 Å². The maximum atomic E-state index is 6.13. The summed E-state index contributed by atoms with van der Waals surface area (Å²) in [7, 11) is 0. The van der Waals surface area contributed by atoms with Gasteiger partial charge >= 0.3 is 0 Å². The van der Waals surface area contributed by atoms with E-state index in [4.69, 9.17) is 9.47 Å². The zero-order valence-electron chi connectivity index (χ0n) is 13.6. The SMILES string of the molecule is CCO[C@H]1C[C@H](c2ccccc2)c2cnn(-c3ccccc3)c2O1. The van der Waals surface area contributed by atoms with Crippen molar-refractivity contribution in [1.82, 2.24) is 9.78 Å². The van der Waals surface area contributed by atoms with Crippen LogP contribution in [0.3, 0.4) is 0 Å². The molecule has 1 aromatic heterocycles. The van der Waals surface area contributed by atoms with Gasteiger partial charge in [-0.15, -0.1) is 0 Å². The van der Waals surface area contributed by atoms with E-state index in [1.54, 1.807) is 0 Å². The number of hydrogen-bond donors (Lipinski definition) is 0. The van der Waals surface area contributed by atoms with E-state index in [9.17, 15) is 0 Å². The molecule has 24 heavy (non-hydrogen) atoms. The van der Waals surface area contributed by atoms with Gasteiger partial charge in [-0.2, -0.15) is 5.10 Å². The summed E-state index contributed by atoms with van der Waals surface area (Å²) < 4.78 is 13.8. The first-order valence-corrected chi connectivity index (χ1v) is 8.33. The van der Waals surface area contributed by atoms with Crippen molar-refractivity contribution in [2.45, 2.75) is 25.6 Å². The first kappa shape index (κ1) is 15.0. The Hall–Kier alpha value is -2.59. The van der Waals surface area contributed by atoms with Gasteiger partial charge in [-0.05, 0) is 24.6 Å². The lowest BCUT2D eigenvalue weighted by Crippen LogP contribution is -2.29. The van der Waals surface area contributed by atoms with Gasteiger partial charge in [-0.3, -0.25) is 0 Å². The van der Waals surface area contributed by atoms with Gasteiger partial charge in [0.1, 0.15) is 0 Å². The van der Waals surface area contributed by atoms with Crippen LogP contribution >= 0.6 is 0 Å². The minimum absolute atomic E-state index is 0.226. The standard InChI is InChI=1S/C20H20N2O2/c1-2-23-19-13-17(15-9-5-3-6-10-15)18-14-21-22(20(18)24-19)16-11-7-4-8-12-16/h3-12,14,17,19H,2,13H2,1H3/t17-,19-/m1/s1. The molecule has 0 saturated carbocycles. The molecular formula is C20H20N2O2. The molecule has 0 fully saturated rings. The highest BCUT2D eigenvalue weighted by Crippen LogP contribution is 2.41. The molecule has 0 N–H and O–H groups in total. The molecule has 0 aliphatic carbocycles. The molecule has 2 aromatic carbocycles. The maximum absolute atomic E-state index is 6.13. The highest BCUT2D eigenvalue weighted by Gasteiger charge is 2.33. The average Bonchev–Trinajstić information content (AvgIpc) is 3.07. The van der Waals surface area contributed by atoms with Gasteiger partial charge in [0.15, 0.2) is 0 Å². The number of ether oxygens (including phenoxy) is 2. The summed E-state index contributed by atoms with van der Waals surface area (Å²) in [6.07, 6.45) is 2.46. The van der Waals surface area contributed by atoms with Gasteiger partial charge in [0.25, 0.3) is 0 Å². The van der Waals surface area contributed by atoms with Gasteiger partial charge in [0.2, 0.25) is 12.2 Å². The van der Waals surface area contributed by atoms with Crippen LogP contribution in [-0.2, 0) is 4.74 Å². The highest BCUT2D eigenvalue weighted by atomic mass is 16.7. The molecule has 0 unspecified atom stereocenters. The number of aromatic nitrogens is 2. The third-order valence-electron chi connectivity index (χ3n) is 4.35. The van der Waals surface area contributed by atoms with Crippen molar-refractivity contribution < 1.29 is 9.47 Å². The summed E-state index contributed by atoms with van der Waals surface area (Å²) in [5.41, 5.74) is 3.36. The molecule has 1 aliphatic rings. The Morgan fingerprint density at radius 2 is 1.79 bits per heavy atom. The van der Waals surface area contributed by atoms with Gasteiger partial charge in [0, 0.05) is 24.5 Å². The molecule has 0 amide bonds. The maximum Gasteiger partial charge on any atom is 0.222 e. The van der Waals surface area contributed by atoms with Crippen LogP contribution in [0, 0.1) is 0 Å². The lowest BCUT2D eigenvalue weighted by atomic mass is 9.88. The summed E-state index contributed by atoms with van der Waals surface area (Å²) in [6.45, 7) is 2.62. The van der Waals surface area contributed by atoms with Crippen LogP contribution in [0.2, 0.25) is 0 Å². The molecule has 4 rings (SSSR count). The Kier molecular flexibility index (Phi) is 4.05. The second-order valence-electron chi connectivity index (χ2n) is 5.85. The van der Waals surface area contributed by atoms with Crippen molar-refractivity contribution in [2.24, 2.45) is 0 Å². The zero-order chi connectivity index (χ0) is 16.4.